The topological polar surface area (TPSA) is 86.5 Å². The molecule has 92 valence electrons. The van der Waals surface area contributed by atoms with Crippen molar-refractivity contribution in [3.8, 4) is 11.5 Å². The molecule has 3 N–H and O–H groups in total. The summed E-state index contributed by atoms with van der Waals surface area (Å²) in [6, 6.07) is 3.26. The molecule has 7 heteroatoms. The van der Waals surface area contributed by atoms with E-state index in [4.69, 9.17) is 15.2 Å². The van der Waals surface area contributed by atoms with Crippen LogP contribution in [0.25, 0.3) is 0 Å². The Morgan fingerprint density at radius 2 is 2.17 bits per heavy atom. The van der Waals surface area contributed by atoms with Crippen molar-refractivity contribution in [3.63, 3.8) is 0 Å². The number of aromatic nitrogens is 1. The molecule has 0 saturated heterocycles. The lowest BCUT2D eigenvalue weighted by atomic mass is 10.2. The van der Waals surface area contributed by atoms with Gasteiger partial charge >= 0.3 is 0 Å². The van der Waals surface area contributed by atoms with Crippen LogP contribution < -0.4 is 20.5 Å². The number of thiazole rings is 1. The van der Waals surface area contributed by atoms with Gasteiger partial charge in [-0.15, -0.1) is 11.3 Å². The molecule has 1 aliphatic rings. The molecule has 3 rings (SSSR count). The SMILES string of the molecule is Nc1cc2c(cc1NC(=O)c1cscn1)OCO2. The molecule has 1 aromatic heterocycles. The van der Waals surface area contributed by atoms with Crippen LogP contribution in [0.15, 0.2) is 23.0 Å². The van der Waals surface area contributed by atoms with Gasteiger partial charge in [-0.2, -0.15) is 0 Å². The number of amides is 1. The first kappa shape index (κ1) is 10.8. The molecule has 0 fully saturated rings. The number of nitrogen functional groups attached to an aromatic ring is 1. The fraction of sp³-hybridized carbons (Fsp3) is 0.0909. The number of rotatable bonds is 2. The number of ether oxygens (including phenoxy) is 2. The van der Waals surface area contributed by atoms with Crippen LogP contribution in [0.2, 0.25) is 0 Å². The Hall–Kier alpha value is -2.28. The van der Waals surface area contributed by atoms with Crippen LogP contribution in [0, 0.1) is 0 Å². The van der Waals surface area contributed by atoms with Gasteiger partial charge in [0.05, 0.1) is 16.9 Å². The summed E-state index contributed by atoms with van der Waals surface area (Å²) in [6.07, 6.45) is 0. The predicted molar refractivity (Wildman–Crippen MR) is 67.0 cm³/mol. The highest BCUT2D eigenvalue weighted by Crippen LogP contribution is 2.38. The minimum Gasteiger partial charge on any atom is -0.454 e. The molecule has 18 heavy (non-hydrogen) atoms. The number of nitrogens with two attached hydrogens (primary N) is 1. The number of hydrogen-bond acceptors (Lipinski definition) is 6. The highest BCUT2D eigenvalue weighted by atomic mass is 32.1. The second-order valence-electron chi connectivity index (χ2n) is 3.62. The van der Waals surface area contributed by atoms with E-state index in [-0.39, 0.29) is 12.7 Å². The summed E-state index contributed by atoms with van der Waals surface area (Å²) < 4.78 is 10.4. The number of hydrogen-bond donors (Lipinski definition) is 2. The quantitative estimate of drug-likeness (QED) is 0.805. The van der Waals surface area contributed by atoms with Crippen LogP contribution >= 0.6 is 11.3 Å². The number of carbonyl (C=O) groups excluding carboxylic acids is 1. The lowest BCUT2D eigenvalue weighted by Crippen LogP contribution is -2.13. The van der Waals surface area contributed by atoms with Crippen molar-refractivity contribution in [2.45, 2.75) is 0 Å². The molecule has 0 saturated carbocycles. The van der Waals surface area contributed by atoms with Gasteiger partial charge in [-0.3, -0.25) is 4.79 Å². The molecule has 0 bridgehead atoms. The van der Waals surface area contributed by atoms with Crippen molar-refractivity contribution < 1.29 is 14.3 Å². The van der Waals surface area contributed by atoms with E-state index in [1.807, 2.05) is 0 Å². The van der Waals surface area contributed by atoms with Crippen molar-refractivity contribution >= 4 is 28.6 Å². The molecule has 0 radical (unpaired) electrons. The Morgan fingerprint density at radius 1 is 1.39 bits per heavy atom. The Balaban J connectivity index is 1.87. The number of anilines is 2. The van der Waals surface area contributed by atoms with Gasteiger partial charge in [0, 0.05) is 17.5 Å². The van der Waals surface area contributed by atoms with E-state index in [1.54, 1.807) is 23.0 Å². The van der Waals surface area contributed by atoms with Gasteiger partial charge in [-0.25, -0.2) is 4.98 Å². The van der Waals surface area contributed by atoms with E-state index in [0.717, 1.165) is 0 Å². The van der Waals surface area contributed by atoms with Gasteiger partial charge in [0.25, 0.3) is 5.91 Å². The largest absolute Gasteiger partial charge is 0.454 e. The standard InChI is InChI=1S/C11H9N3O3S/c12-6-1-9-10(17-5-16-9)2-7(6)14-11(15)8-3-18-4-13-8/h1-4H,5,12H2,(H,14,15). The third-order valence-electron chi connectivity index (χ3n) is 2.46. The average molecular weight is 263 g/mol. The Kier molecular flexibility index (Phi) is 2.52. The molecule has 0 spiro atoms. The summed E-state index contributed by atoms with van der Waals surface area (Å²) in [5.41, 5.74) is 8.68. The molecule has 1 aromatic carbocycles. The maximum absolute atomic E-state index is 11.8. The molecule has 6 nitrogen and oxygen atoms in total. The van der Waals surface area contributed by atoms with Crippen LogP contribution in [0.4, 0.5) is 11.4 Å². The first-order valence-electron chi connectivity index (χ1n) is 5.12. The van der Waals surface area contributed by atoms with Crippen molar-refractivity contribution in [2.75, 3.05) is 17.8 Å². The van der Waals surface area contributed by atoms with Crippen molar-refractivity contribution in [3.05, 3.63) is 28.7 Å². The fourth-order valence-electron chi connectivity index (χ4n) is 1.58. The first-order chi connectivity index (χ1) is 8.74. The second-order valence-corrected chi connectivity index (χ2v) is 4.34. The van der Waals surface area contributed by atoms with Gasteiger partial charge in [0.1, 0.15) is 5.69 Å². The number of nitrogens with zero attached hydrogens (tertiary/aromatic N) is 1. The lowest BCUT2D eigenvalue weighted by Gasteiger charge is -2.08. The van der Waals surface area contributed by atoms with E-state index in [0.29, 0.717) is 28.6 Å². The summed E-state index contributed by atoms with van der Waals surface area (Å²) in [5, 5.41) is 4.35. The fourth-order valence-corrected chi connectivity index (χ4v) is 2.11. The molecule has 2 heterocycles. The van der Waals surface area contributed by atoms with E-state index < -0.39 is 0 Å². The second kappa shape index (κ2) is 4.19. The first-order valence-corrected chi connectivity index (χ1v) is 6.07. The normalized spacial score (nSPS) is 12.4. The minimum atomic E-state index is -0.304. The molecule has 0 aliphatic carbocycles. The summed E-state index contributed by atoms with van der Waals surface area (Å²) in [7, 11) is 0. The number of fused-ring (bicyclic) bond motifs is 1. The molecule has 0 unspecified atom stereocenters. The molecule has 0 atom stereocenters. The highest BCUT2D eigenvalue weighted by molar-refractivity contribution is 7.07. The average Bonchev–Trinajstić information content (AvgIpc) is 2.98. The van der Waals surface area contributed by atoms with Crippen LogP contribution in [-0.2, 0) is 0 Å². The van der Waals surface area contributed by atoms with Gasteiger partial charge < -0.3 is 20.5 Å². The van der Waals surface area contributed by atoms with Gasteiger partial charge in [-0.1, -0.05) is 0 Å². The summed E-state index contributed by atoms with van der Waals surface area (Å²) in [4.78, 5) is 15.8. The maximum Gasteiger partial charge on any atom is 0.275 e. The Labute approximate surface area is 106 Å². The van der Waals surface area contributed by atoms with Crippen LogP contribution in [0.3, 0.4) is 0 Å². The van der Waals surface area contributed by atoms with E-state index >= 15 is 0 Å². The maximum atomic E-state index is 11.8. The third kappa shape index (κ3) is 1.84. The molecule has 2 aromatic rings. The third-order valence-corrected chi connectivity index (χ3v) is 3.04. The molecule has 1 amide bonds. The molecular weight excluding hydrogens is 254 g/mol. The zero-order valence-electron chi connectivity index (χ0n) is 9.17. The van der Waals surface area contributed by atoms with Crippen molar-refractivity contribution in [1.82, 2.24) is 4.98 Å². The number of nitrogens with one attached hydrogen (secondary N) is 1. The molecular formula is C11H9N3O3S. The van der Waals surface area contributed by atoms with Crippen LogP contribution in [0.5, 0.6) is 11.5 Å². The summed E-state index contributed by atoms with van der Waals surface area (Å²) in [5.74, 6) is 0.846. The zero-order valence-corrected chi connectivity index (χ0v) is 9.99. The lowest BCUT2D eigenvalue weighted by molar-refractivity contribution is 0.102. The van der Waals surface area contributed by atoms with E-state index in [2.05, 4.69) is 10.3 Å². The van der Waals surface area contributed by atoms with Gasteiger partial charge in [-0.05, 0) is 0 Å². The smallest absolute Gasteiger partial charge is 0.275 e. The Bertz CT molecular complexity index is 598. The zero-order chi connectivity index (χ0) is 12.5. The van der Waals surface area contributed by atoms with Crippen molar-refractivity contribution in [2.24, 2.45) is 0 Å². The highest BCUT2D eigenvalue weighted by Gasteiger charge is 2.18. The Morgan fingerprint density at radius 3 is 2.89 bits per heavy atom. The van der Waals surface area contributed by atoms with E-state index in [9.17, 15) is 4.79 Å². The van der Waals surface area contributed by atoms with Crippen LogP contribution in [0.1, 0.15) is 10.5 Å². The van der Waals surface area contributed by atoms with Gasteiger partial charge in [0.2, 0.25) is 6.79 Å². The molecule has 1 aliphatic heterocycles. The summed E-state index contributed by atoms with van der Waals surface area (Å²) in [6.45, 7) is 0.165. The number of benzene rings is 1. The van der Waals surface area contributed by atoms with Crippen molar-refractivity contribution in [1.29, 1.82) is 0 Å². The minimum absolute atomic E-state index is 0.165. The monoisotopic (exact) mass is 263 g/mol. The van der Waals surface area contributed by atoms with E-state index in [1.165, 1.54) is 11.3 Å². The van der Waals surface area contributed by atoms with Crippen LogP contribution in [-0.4, -0.2) is 17.7 Å². The summed E-state index contributed by atoms with van der Waals surface area (Å²) >= 11 is 1.35. The van der Waals surface area contributed by atoms with Gasteiger partial charge in [0.15, 0.2) is 11.5 Å². The number of carbonyl (C=O) groups is 1. The predicted octanol–water partition coefficient (Wildman–Crippen LogP) is 1.71.